The Hall–Kier alpha value is -1.55. The van der Waals surface area contributed by atoms with E-state index in [2.05, 4.69) is 0 Å². The minimum atomic E-state index is -0.0481. The van der Waals surface area contributed by atoms with Crippen molar-refractivity contribution in [2.75, 3.05) is 19.8 Å². The predicted molar refractivity (Wildman–Crippen MR) is 68.5 cm³/mol. The van der Waals surface area contributed by atoms with E-state index in [1.807, 2.05) is 31.2 Å². The fraction of sp³-hybridized carbons (Fsp3) is 0.500. The predicted octanol–water partition coefficient (Wildman–Crippen LogP) is 1.36. The molecule has 1 saturated heterocycles. The summed E-state index contributed by atoms with van der Waals surface area (Å²) in [6.45, 7) is 2.79. The lowest BCUT2D eigenvalue weighted by Crippen LogP contribution is -2.40. The van der Waals surface area contributed by atoms with Gasteiger partial charge in [0, 0.05) is 6.54 Å². The van der Waals surface area contributed by atoms with Crippen molar-refractivity contribution in [2.24, 2.45) is 0 Å². The van der Waals surface area contributed by atoms with E-state index in [9.17, 15) is 9.90 Å². The monoisotopic (exact) mass is 249 g/mol. The van der Waals surface area contributed by atoms with Crippen LogP contribution < -0.4 is 4.74 Å². The number of likely N-dealkylation sites (tertiary alicyclic amines) is 1. The fourth-order valence-corrected chi connectivity index (χ4v) is 2.29. The van der Waals surface area contributed by atoms with E-state index in [0.29, 0.717) is 5.75 Å². The molecule has 4 nitrogen and oxygen atoms in total. The second-order valence-electron chi connectivity index (χ2n) is 4.67. The average Bonchev–Trinajstić information content (AvgIpc) is 2.84. The summed E-state index contributed by atoms with van der Waals surface area (Å²) in [7, 11) is 0. The topological polar surface area (TPSA) is 49.8 Å². The first-order valence-corrected chi connectivity index (χ1v) is 6.30. The smallest absolute Gasteiger partial charge is 0.260 e. The number of benzene rings is 1. The lowest BCUT2D eigenvalue weighted by Gasteiger charge is -2.22. The lowest BCUT2D eigenvalue weighted by atomic mass is 10.2. The first kappa shape index (κ1) is 12.9. The summed E-state index contributed by atoms with van der Waals surface area (Å²) in [6.07, 6.45) is 1.84. The van der Waals surface area contributed by atoms with Crippen LogP contribution in [0.3, 0.4) is 0 Å². The first-order chi connectivity index (χ1) is 8.70. The minimum absolute atomic E-state index is 0.0291. The van der Waals surface area contributed by atoms with Gasteiger partial charge < -0.3 is 14.7 Å². The summed E-state index contributed by atoms with van der Waals surface area (Å²) < 4.78 is 5.48. The van der Waals surface area contributed by atoms with Crippen molar-refractivity contribution in [2.45, 2.75) is 25.8 Å². The molecule has 1 aliphatic heterocycles. The Kier molecular flexibility index (Phi) is 4.20. The molecular weight excluding hydrogens is 230 g/mol. The Labute approximate surface area is 107 Å². The number of carbonyl (C=O) groups excluding carboxylic acids is 1. The van der Waals surface area contributed by atoms with Crippen molar-refractivity contribution >= 4 is 5.91 Å². The highest BCUT2D eigenvalue weighted by Crippen LogP contribution is 2.17. The largest absolute Gasteiger partial charge is 0.484 e. The van der Waals surface area contributed by atoms with E-state index in [-0.39, 0.29) is 25.2 Å². The molecule has 0 radical (unpaired) electrons. The second-order valence-corrected chi connectivity index (χ2v) is 4.67. The number of amides is 1. The van der Waals surface area contributed by atoms with E-state index in [4.69, 9.17) is 4.74 Å². The molecule has 98 valence electrons. The Morgan fingerprint density at radius 1 is 1.56 bits per heavy atom. The summed E-state index contributed by atoms with van der Waals surface area (Å²) in [5.74, 6) is 0.663. The number of hydrogen-bond donors (Lipinski definition) is 1. The van der Waals surface area contributed by atoms with E-state index in [1.165, 1.54) is 0 Å². The van der Waals surface area contributed by atoms with Crippen LogP contribution in [0.25, 0.3) is 0 Å². The molecule has 1 heterocycles. The maximum Gasteiger partial charge on any atom is 0.260 e. The molecule has 0 aliphatic carbocycles. The molecule has 0 bridgehead atoms. The molecule has 2 rings (SSSR count). The van der Waals surface area contributed by atoms with Gasteiger partial charge in [0.15, 0.2) is 6.61 Å². The molecular formula is C14H19NO3. The van der Waals surface area contributed by atoms with Crippen LogP contribution in [0.2, 0.25) is 0 Å². The number of aliphatic hydroxyl groups excluding tert-OH is 1. The van der Waals surface area contributed by atoms with Crippen molar-refractivity contribution in [3.8, 4) is 5.75 Å². The van der Waals surface area contributed by atoms with E-state index in [0.717, 1.165) is 24.9 Å². The van der Waals surface area contributed by atoms with Gasteiger partial charge in [-0.3, -0.25) is 4.79 Å². The second kappa shape index (κ2) is 5.87. The molecule has 0 spiro atoms. The van der Waals surface area contributed by atoms with Crippen LogP contribution in [-0.4, -0.2) is 41.7 Å². The van der Waals surface area contributed by atoms with Gasteiger partial charge in [0.1, 0.15) is 5.75 Å². The molecule has 0 saturated carbocycles. The average molecular weight is 249 g/mol. The zero-order chi connectivity index (χ0) is 13.0. The zero-order valence-corrected chi connectivity index (χ0v) is 10.6. The van der Waals surface area contributed by atoms with Crippen LogP contribution >= 0.6 is 0 Å². The summed E-state index contributed by atoms with van der Waals surface area (Å²) in [6, 6.07) is 7.60. The van der Waals surface area contributed by atoms with Crippen molar-refractivity contribution in [3.05, 3.63) is 29.8 Å². The summed E-state index contributed by atoms with van der Waals surface area (Å²) >= 11 is 0. The van der Waals surface area contributed by atoms with Gasteiger partial charge in [0.05, 0.1) is 12.6 Å². The van der Waals surface area contributed by atoms with Crippen LogP contribution in [0.15, 0.2) is 24.3 Å². The normalized spacial score (nSPS) is 19.0. The summed E-state index contributed by atoms with van der Waals surface area (Å²) in [5, 5.41) is 9.17. The number of aryl methyl sites for hydroxylation is 1. The number of nitrogens with zero attached hydrogens (tertiary/aromatic N) is 1. The fourth-order valence-electron chi connectivity index (χ4n) is 2.29. The van der Waals surface area contributed by atoms with E-state index in [1.54, 1.807) is 4.90 Å². The highest BCUT2D eigenvalue weighted by atomic mass is 16.5. The van der Waals surface area contributed by atoms with Crippen LogP contribution in [0.1, 0.15) is 18.4 Å². The third-order valence-corrected chi connectivity index (χ3v) is 3.26. The first-order valence-electron chi connectivity index (χ1n) is 6.30. The summed E-state index contributed by atoms with van der Waals surface area (Å²) in [5.41, 5.74) is 1.11. The quantitative estimate of drug-likeness (QED) is 0.876. The van der Waals surface area contributed by atoms with Crippen molar-refractivity contribution in [1.82, 2.24) is 4.90 Å². The van der Waals surface area contributed by atoms with Gasteiger partial charge in [-0.2, -0.15) is 0 Å². The number of carbonyl (C=O) groups is 1. The maximum atomic E-state index is 12.0. The third kappa shape index (κ3) is 3.01. The standard InChI is InChI=1S/C14H19NO3/c1-11-4-2-6-13(8-11)18-10-14(17)15-7-3-5-12(15)9-16/h2,4,6,8,12,16H,3,5,7,9-10H2,1H3. The van der Waals surface area contributed by atoms with Crippen molar-refractivity contribution in [3.63, 3.8) is 0 Å². The number of hydrogen-bond acceptors (Lipinski definition) is 3. The Bertz CT molecular complexity index is 419. The van der Waals surface area contributed by atoms with E-state index < -0.39 is 0 Å². The maximum absolute atomic E-state index is 12.0. The molecule has 4 heteroatoms. The Balaban J connectivity index is 1.88. The molecule has 1 amide bonds. The Morgan fingerprint density at radius 2 is 2.39 bits per heavy atom. The number of rotatable bonds is 4. The highest BCUT2D eigenvalue weighted by molar-refractivity contribution is 5.78. The van der Waals surface area contributed by atoms with Gasteiger partial charge in [-0.1, -0.05) is 12.1 Å². The Morgan fingerprint density at radius 3 is 3.11 bits per heavy atom. The molecule has 1 fully saturated rings. The third-order valence-electron chi connectivity index (χ3n) is 3.26. The van der Waals surface area contributed by atoms with Gasteiger partial charge in [-0.15, -0.1) is 0 Å². The molecule has 0 aromatic heterocycles. The van der Waals surface area contributed by atoms with Crippen LogP contribution in [0.5, 0.6) is 5.75 Å². The zero-order valence-electron chi connectivity index (χ0n) is 10.6. The van der Waals surface area contributed by atoms with Gasteiger partial charge in [-0.05, 0) is 37.5 Å². The van der Waals surface area contributed by atoms with Gasteiger partial charge in [-0.25, -0.2) is 0 Å². The SMILES string of the molecule is Cc1cccc(OCC(=O)N2CCCC2CO)c1. The number of ether oxygens (including phenoxy) is 1. The van der Waals surface area contributed by atoms with Crippen LogP contribution in [0.4, 0.5) is 0 Å². The molecule has 1 aromatic rings. The molecule has 1 N–H and O–H groups in total. The van der Waals surface area contributed by atoms with Gasteiger partial charge in [0.2, 0.25) is 0 Å². The molecule has 1 unspecified atom stereocenters. The van der Waals surface area contributed by atoms with E-state index >= 15 is 0 Å². The molecule has 1 atom stereocenters. The molecule has 18 heavy (non-hydrogen) atoms. The molecule has 1 aromatic carbocycles. The van der Waals surface area contributed by atoms with Gasteiger partial charge >= 0.3 is 0 Å². The van der Waals surface area contributed by atoms with Crippen molar-refractivity contribution < 1.29 is 14.6 Å². The van der Waals surface area contributed by atoms with Gasteiger partial charge in [0.25, 0.3) is 5.91 Å². The summed E-state index contributed by atoms with van der Waals surface area (Å²) in [4.78, 5) is 13.7. The van der Waals surface area contributed by atoms with Crippen molar-refractivity contribution in [1.29, 1.82) is 0 Å². The molecule has 1 aliphatic rings. The van der Waals surface area contributed by atoms with Crippen LogP contribution in [0, 0.1) is 6.92 Å². The highest BCUT2D eigenvalue weighted by Gasteiger charge is 2.27. The number of aliphatic hydroxyl groups is 1. The van der Waals surface area contributed by atoms with Crippen LogP contribution in [-0.2, 0) is 4.79 Å². The minimum Gasteiger partial charge on any atom is -0.484 e. The lowest BCUT2D eigenvalue weighted by molar-refractivity contribution is -0.134.